The van der Waals surface area contributed by atoms with Gasteiger partial charge in [-0.25, -0.2) is 4.39 Å². The van der Waals surface area contributed by atoms with E-state index in [2.05, 4.69) is 15.2 Å². The number of aliphatic hydroxyl groups excluding tert-OH is 1. The number of benzene rings is 2. The number of carbonyl (C=O) groups excluding carboxylic acids is 1. The molecular formula is C26H24ClFN4O3. The van der Waals surface area contributed by atoms with Crippen LogP contribution in [-0.2, 0) is 6.54 Å². The molecule has 1 aliphatic carbocycles. The van der Waals surface area contributed by atoms with Gasteiger partial charge in [-0.3, -0.25) is 14.9 Å². The summed E-state index contributed by atoms with van der Waals surface area (Å²) in [6, 6.07) is 9.73. The number of aromatic amines is 1. The summed E-state index contributed by atoms with van der Waals surface area (Å²) >= 11 is 6.13. The number of pyridine rings is 1. The summed E-state index contributed by atoms with van der Waals surface area (Å²) < 4.78 is 21.4. The van der Waals surface area contributed by atoms with E-state index in [0.717, 1.165) is 18.4 Å². The monoisotopic (exact) mass is 494 g/mol. The minimum atomic E-state index is -0.755. The number of hydrogen-bond donors (Lipinski definition) is 2. The van der Waals surface area contributed by atoms with E-state index in [-0.39, 0.29) is 29.7 Å². The van der Waals surface area contributed by atoms with Crippen molar-refractivity contribution in [2.45, 2.75) is 38.5 Å². The van der Waals surface area contributed by atoms with Gasteiger partial charge in [0.25, 0.3) is 5.91 Å². The number of carbonyl (C=O) groups is 1. The minimum Gasteiger partial charge on any atom is -0.490 e. The lowest BCUT2D eigenvalue weighted by molar-refractivity contribution is 0.0784. The number of amides is 1. The van der Waals surface area contributed by atoms with Crippen molar-refractivity contribution in [2.75, 3.05) is 7.05 Å². The molecule has 1 atom stereocenters. The van der Waals surface area contributed by atoms with E-state index in [1.54, 1.807) is 56.7 Å². The van der Waals surface area contributed by atoms with Crippen LogP contribution in [0, 0.1) is 5.82 Å². The zero-order valence-electron chi connectivity index (χ0n) is 19.3. The quantitative estimate of drug-likeness (QED) is 0.364. The number of nitrogens with one attached hydrogen (secondary N) is 1. The van der Waals surface area contributed by atoms with E-state index in [0.29, 0.717) is 32.9 Å². The third-order valence-electron chi connectivity index (χ3n) is 5.98. The predicted molar refractivity (Wildman–Crippen MR) is 131 cm³/mol. The molecular weight excluding hydrogens is 471 g/mol. The van der Waals surface area contributed by atoms with Crippen molar-refractivity contribution in [1.82, 2.24) is 20.1 Å². The molecule has 1 unspecified atom stereocenters. The fraction of sp³-hybridized carbons (Fsp3) is 0.269. The lowest BCUT2D eigenvalue weighted by atomic mass is 10.0. The molecule has 5 rings (SSSR count). The van der Waals surface area contributed by atoms with Crippen molar-refractivity contribution in [3.63, 3.8) is 0 Å². The zero-order valence-corrected chi connectivity index (χ0v) is 20.0. The van der Waals surface area contributed by atoms with Crippen LogP contribution in [0.4, 0.5) is 4.39 Å². The molecule has 180 valence electrons. The van der Waals surface area contributed by atoms with Gasteiger partial charge in [-0.1, -0.05) is 23.7 Å². The third kappa shape index (κ3) is 4.72. The number of H-pyrrole nitrogens is 1. The molecule has 1 saturated carbocycles. The molecule has 35 heavy (non-hydrogen) atoms. The second-order valence-corrected chi connectivity index (χ2v) is 9.26. The predicted octanol–water partition coefficient (Wildman–Crippen LogP) is 5.28. The summed E-state index contributed by atoms with van der Waals surface area (Å²) in [5.74, 6) is -0.596. The van der Waals surface area contributed by atoms with Crippen molar-refractivity contribution in [2.24, 2.45) is 0 Å². The second kappa shape index (κ2) is 9.28. The van der Waals surface area contributed by atoms with Crippen molar-refractivity contribution in [3.8, 4) is 16.9 Å². The molecule has 0 radical (unpaired) electrons. The Morgan fingerprint density at radius 2 is 2.11 bits per heavy atom. The first-order valence-corrected chi connectivity index (χ1v) is 11.7. The topological polar surface area (TPSA) is 91.3 Å². The van der Waals surface area contributed by atoms with Gasteiger partial charge in [-0.2, -0.15) is 5.10 Å². The van der Waals surface area contributed by atoms with Gasteiger partial charge >= 0.3 is 0 Å². The van der Waals surface area contributed by atoms with Crippen molar-refractivity contribution < 1.29 is 19.0 Å². The maximum Gasteiger partial charge on any atom is 0.254 e. The second-order valence-electron chi connectivity index (χ2n) is 8.82. The standard InChI is InChI=1S/C26H24ClFN4O3/c1-14(33)24-20-12-30-31-25(20)17(11-29-24)13-32(2)26(34)16-9-21(28)23(15-4-3-5-18(27)8-15)22(10-16)35-19-6-7-19/h3-5,8-12,14,19,33H,6-7,13H2,1-2H3,(H,30,31). The number of nitrogens with zero attached hydrogens (tertiary/aromatic N) is 3. The SMILES string of the molecule is CC(O)c1ncc(CN(C)C(=O)c2cc(F)c(-c3cccc(Cl)c3)c(OC3CC3)c2)c2[nH]ncc12. The van der Waals surface area contributed by atoms with E-state index in [1.807, 2.05) is 0 Å². The summed E-state index contributed by atoms with van der Waals surface area (Å²) in [6.45, 7) is 1.84. The highest BCUT2D eigenvalue weighted by molar-refractivity contribution is 6.30. The molecule has 2 heterocycles. The van der Waals surface area contributed by atoms with Crippen molar-refractivity contribution in [3.05, 3.63) is 76.5 Å². The van der Waals surface area contributed by atoms with Crippen LogP contribution in [0.3, 0.4) is 0 Å². The number of rotatable bonds is 7. The molecule has 7 nitrogen and oxygen atoms in total. The summed E-state index contributed by atoms with van der Waals surface area (Å²) in [5.41, 5.74) is 2.98. The van der Waals surface area contributed by atoms with Gasteiger partial charge in [0.2, 0.25) is 0 Å². The van der Waals surface area contributed by atoms with Crippen molar-refractivity contribution in [1.29, 1.82) is 0 Å². The van der Waals surface area contributed by atoms with Crippen LogP contribution in [-0.4, -0.2) is 44.2 Å². The molecule has 0 spiro atoms. The Morgan fingerprint density at radius 1 is 1.31 bits per heavy atom. The van der Waals surface area contributed by atoms with E-state index >= 15 is 4.39 Å². The number of halogens is 2. The first-order chi connectivity index (χ1) is 16.8. The average Bonchev–Trinajstić information content (AvgIpc) is 3.49. The van der Waals surface area contributed by atoms with Gasteiger partial charge in [0, 0.05) is 41.3 Å². The summed E-state index contributed by atoms with van der Waals surface area (Å²) in [5, 5.41) is 18.1. The van der Waals surface area contributed by atoms with E-state index < -0.39 is 11.9 Å². The number of aliphatic hydroxyl groups is 1. The third-order valence-corrected chi connectivity index (χ3v) is 6.21. The Morgan fingerprint density at radius 3 is 2.83 bits per heavy atom. The summed E-state index contributed by atoms with van der Waals surface area (Å²) in [6.07, 6.45) is 4.25. The van der Waals surface area contributed by atoms with Gasteiger partial charge < -0.3 is 14.7 Å². The Labute approximate surface area is 206 Å². The van der Waals surface area contributed by atoms with Crippen LogP contribution in [0.25, 0.3) is 22.0 Å². The Balaban J connectivity index is 1.46. The molecule has 9 heteroatoms. The Hall–Kier alpha value is -3.49. The largest absolute Gasteiger partial charge is 0.490 e. The van der Waals surface area contributed by atoms with Crippen LogP contribution in [0.15, 0.2) is 48.8 Å². The first-order valence-electron chi connectivity index (χ1n) is 11.3. The molecule has 0 aliphatic heterocycles. The number of ether oxygens (including phenoxy) is 1. The zero-order chi connectivity index (χ0) is 24.7. The Bertz CT molecular complexity index is 1420. The number of hydrogen-bond acceptors (Lipinski definition) is 5. The highest BCUT2D eigenvalue weighted by Crippen LogP contribution is 2.38. The van der Waals surface area contributed by atoms with Crippen LogP contribution in [0.5, 0.6) is 5.75 Å². The molecule has 2 aromatic carbocycles. The van der Waals surface area contributed by atoms with Gasteiger partial charge in [0.05, 0.1) is 35.2 Å². The molecule has 2 N–H and O–H groups in total. The maximum absolute atomic E-state index is 15.4. The number of fused-ring (bicyclic) bond motifs is 1. The van der Waals surface area contributed by atoms with E-state index in [4.69, 9.17) is 16.3 Å². The van der Waals surface area contributed by atoms with Gasteiger partial charge in [0.15, 0.2) is 0 Å². The minimum absolute atomic E-state index is 0.0163. The van der Waals surface area contributed by atoms with Gasteiger partial charge in [-0.05, 0) is 49.6 Å². The van der Waals surface area contributed by atoms with Crippen molar-refractivity contribution >= 4 is 28.4 Å². The summed E-state index contributed by atoms with van der Waals surface area (Å²) in [4.78, 5) is 19.1. The first kappa shape index (κ1) is 23.3. The van der Waals surface area contributed by atoms with Crippen LogP contribution >= 0.6 is 11.6 Å². The molecule has 4 aromatic rings. The highest BCUT2D eigenvalue weighted by Gasteiger charge is 2.28. The molecule has 0 saturated heterocycles. The van der Waals surface area contributed by atoms with Gasteiger partial charge in [-0.15, -0.1) is 0 Å². The van der Waals surface area contributed by atoms with E-state index in [1.165, 1.54) is 11.0 Å². The molecule has 2 aromatic heterocycles. The lowest BCUT2D eigenvalue weighted by Crippen LogP contribution is -2.26. The molecule has 1 amide bonds. The molecule has 1 aliphatic rings. The molecule has 0 bridgehead atoms. The number of aromatic nitrogens is 3. The van der Waals surface area contributed by atoms with E-state index in [9.17, 15) is 9.90 Å². The van der Waals surface area contributed by atoms with Crippen LogP contribution < -0.4 is 4.74 Å². The summed E-state index contributed by atoms with van der Waals surface area (Å²) in [7, 11) is 1.64. The Kier molecular flexibility index (Phi) is 6.17. The maximum atomic E-state index is 15.4. The van der Waals surface area contributed by atoms with Crippen LogP contribution in [0.2, 0.25) is 5.02 Å². The van der Waals surface area contributed by atoms with Crippen LogP contribution in [0.1, 0.15) is 47.5 Å². The molecule has 1 fully saturated rings. The normalized spacial score (nSPS) is 14.2. The average molecular weight is 495 g/mol. The van der Waals surface area contributed by atoms with Gasteiger partial charge in [0.1, 0.15) is 11.6 Å². The fourth-order valence-electron chi connectivity index (χ4n) is 4.09. The lowest BCUT2D eigenvalue weighted by Gasteiger charge is -2.20. The highest BCUT2D eigenvalue weighted by atomic mass is 35.5. The fourth-order valence-corrected chi connectivity index (χ4v) is 4.28. The smallest absolute Gasteiger partial charge is 0.254 e.